The average Bonchev–Trinajstić information content (AvgIpc) is 3.56. The molecule has 1 N–H and O–H groups in total. The molecule has 4 heterocycles. The van der Waals surface area contributed by atoms with Gasteiger partial charge in [0.15, 0.2) is 17.5 Å². The second kappa shape index (κ2) is 9.60. The van der Waals surface area contributed by atoms with Crippen LogP contribution in [0.4, 0.5) is 0 Å². The minimum absolute atomic E-state index is 0.0201. The van der Waals surface area contributed by atoms with Gasteiger partial charge in [-0.2, -0.15) is 5.10 Å². The zero-order valence-electron chi connectivity index (χ0n) is 19.2. The molecule has 0 spiro atoms. The summed E-state index contributed by atoms with van der Waals surface area (Å²) in [6.45, 7) is 7.24. The number of thiophene rings is 1. The number of hydrogen-bond acceptors (Lipinski definition) is 8. The monoisotopic (exact) mass is 480 g/mol. The lowest BCUT2D eigenvalue weighted by atomic mass is 10.1. The van der Waals surface area contributed by atoms with Crippen molar-refractivity contribution in [3.05, 3.63) is 58.1 Å². The third-order valence-corrected chi connectivity index (χ3v) is 6.22. The van der Waals surface area contributed by atoms with Crippen molar-refractivity contribution >= 4 is 40.0 Å². The number of aromatic nitrogens is 3. The Morgan fingerprint density at radius 1 is 1.21 bits per heavy atom. The average molecular weight is 481 g/mol. The Bertz CT molecular complexity index is 1350. The summed E-state index contributed by atoms with van der Waals surface area (Å²) in [6, 6.07) is 8.53. The van der Waals surface area contributed by atoms with Gasteiger partial charge in [-0.1, -0.05) is 0 Å². The first-order chi connectivity index (χ1) is 16.2. The standard InChI is InChI=1S/C24H24N4O5S/c1-13(2)28-23-18(12-26-28)17(10-19(27-23)20-6-5-9-32-20)24(31)33-14(3)22(30)21-8-7-16(34-21)11-25-15(4)29/h5-10,12-14H,11H2,1-4H3,(H,25,29). The van der Waals surface area contributed by atoms with Crippen LogP contribution in [0.1, 0.15) is 58.6 Å². The fourth-order valence-electron chi connectivity index (χ4n) is 3.41. The summed E-state index contributed by atoms with van der Waals surface area (Å²) in [5.74, 6) is -0.620. The van der Waals surface area contributed by atoms with Crippen molar-refractivity contribution in [1.29, 1.82) is 0 Å². The van der Waals surface area contributed by atoms with E-state index in [0.29, 0.717) is 33.9 Å². The summed E-state index contributed by atoms with van der Waals surface area (Å²) in [5.41, 5.74) is 1.24. The van der Waals surface area contributed by atoms with Crippen LogP contribution in [0.3, 0.4) is 0 Å². The van der Waals surface area contributed by atoms with Gasteiger partial charge in [0.05, 0.1) is 34.8 Å². The van der Waals surface area contributed by atoms with Crippen LogP contribution in [0.2, 0.25) is 0 Å². The van der Waals surface area contributed by atoms with Crippen LogP contribution in [0.25, 0.3) is 22.5 Å². The van der Waals surface area contributed by atoms with E-state index in [0.717, 1.165) is 4.88 Å². The molecule has 4 aromatic heterocycles. The molecule has 0 radical (unpaired) electrons. The number of nitrogens with one attached hydrogen (secondary N) is 1. The Kier molecular flexibility index (Phi) is 6.60. The lowest BCUT2D eigenvalue weighted by Gasteiger charge is -2.13. The number of hydrogen-bond donors (Lipinski definition) is 1. The molecule has 0 saturated heterocycles. The highest BCUT2D eigenvalue weighted by atomic mass is 32.1. The van der Waals surface area contributed by atoms with E-state index in [9.17, 15) is 14.4 Å². The largest absolute Gasteiger partial charge is 0.463 e. The predicted molar refractivity (Wildman–Crippen MR) is 127 cm³/mol. The Labute approximate surface area is 199 Å². The first-order valence-corrected chi connectivity index (χ1v) is 11.6. The number of ketones is 1. The molecule has 0 saturated carbocycles. The SMILES string of the molecule is CC(=O)NCc1ccc(C(=O)C(C)OC(=O)c2cc(-c3ccco3)nc3c2cnn3C(C)C)s1. The van der Waals surface area contributed by atoms with Crippen LogP contribution < -0.4 is 5.32 Å². The summed E-state index contributed by atoms with van der Waals surface area (Å²) in [4.78, 5) is 43.1. The molecule has 176 valence electrons. The number of carbonyl (C=O) groups excluding carboxylic acids is 3. The molecule has 0 aliphatic rings. The number of ether oxygens (including phenoxy) is 1. The topological polar surface area (TPSA) is 116 Å². The molecule has 1 unspecified atom stereocenters. The number of esters is 1. The summed E-state index contributed by atoms with van der Waals surface area (Å²) in [7, 11) is 0. The number of Topliss-reactive ketones (excluding diaryl/α,β-unsaturated/α-hetero) is 1. The maximum absolute atomic E-state index is 13.2. The van der Waals surface area contributed by atoms with Crippen molar-refractivity contribution < 1.29 is 23.5 Å². The van der Waals surface area contributed by atoms with Gasteiger partial charge >= 0.3 is 5.97 Å². The molecular weight excluding hydrogens is 456 g/mol. The summed E-state index contributed by atoms with van der Waals surface area (Å²) in [5, 5.41) is 7.60. The van der Waals surface area contributed by atoms with E-state index in [2.05, 4.69) is 15.4 Å². The van der Waals surface area contributed by atoms with Crippen LogP contribution >= 0.6 is 11.3 Å². The molecule has 34 heavy (non-hydrogen) atoms. The zero-order chi connectivity index (χ0) is 24.4. The number of carbonyl (C=O) groups is 3. The fourth-order valence-corrected chi connectivity index (χ4v) is 4.38. The van der Waals surface area contributed by atoms with Crippen LogP contribution in [0.15, 0.2) is 47.2 Å². The van der Waals surface area contributed by atoms with Gasteiger partial charge in [-0.05, 0) is 51.1 Å². The first-order valence-electron chi connectivity index (χ1n) is 10.7. The van der Waals surface area contributed by atoms with E-state index in [1.807, 2.05) is 13.8 Å². The molecule has 0 aliphatic heterocycles. The highest BCUT2D eigenvalue weighted by Crippen LogP contribution is 2.28. The van der Waals surface area contributed by atoms with E-state index in [1.165, 1.54) is 31.4 Å². The molecule has 0 aromatic carbocycles. The lowest BCUT2D eigenvalue weighted by Crippen LogP contribution is -2.24. The van der Waals surface area contributed by atoms with Crippen molar-refractivity contribution in [1.82, 2.24) is 20.1 Å². The van der Waals surface area contributed by atoms with Crippen molar-refractivity contribution in [3.63, 3.8) is 0 Å². The number of nitrogens with zero attached hydrogens (tertiary/aromatic N) is 3. The number of pyridine rings is 1. The minimum Gasteiger partial charge on any atom is -0.463 e. The van der Waals surface area contributed by atoms with E-state index in [1.54, 1.807) is 41.2 Å². The van der Waals surface area contributed by atoms with Gasteiger partial charge < -0.3 is 14.5 Å². The lowest BCUT2D eigenvalue weighted by molar-refractivity contribution is -0.119. The number of rotatable bonds is 8. The smallest absolute Gasteiger partial charge is 0.339 e. The molecule has 1 atom stereocenters. The second-order valence-corrected chi connectivity index (χ2v) is 9.21. The molecule has 4 rings (SSSR count). The minimum atomic E-state index is -1.00. The Morgan fingerprint density at radius 3 is 2.68 bits per heavy atom. The molecule has 9 nitrogen and oxygen atoms in total. The Balaban J connectivity index is 1.60. The van der Waals surface area contributed by atoms with Gasteiger partial charge in [-0.15, -0.1) is 11.3 Å². The summed E-state index contributed by atoms with van der Waals surface area (Å²) < 4.78 is 12.8. The number of furan rings is 1. The molecule has 10 heteroatoms. The first kappa shape index (κ1) is 23.4. The van der Waals surface area contributed by atoms with E-state index in [-0.39, 0.29) is 23.3 Å². The fraction of sp³-hybridized carbons (Fsp3) is 0.292. The third-order valence-electron chi connectivity index (χ3n) is 5.12. The molecular formula is C24H24N4O5S. The molecule has 0 aliphatic carbocycles. The van der Waals surface area contributed by atoms with Crippen LogP contribution in [-0.2, 0) is 16.1 Å². The molecule has 0 bridgehead atoms. The molecule has 1 amide bonds. The molecule has 4 aromatic rings. The Hall–Kier alpha value is -3.79. The van der Waals surface area contributed by atoms with Crippen LogP contribution in [0.5, 0.6) is 0 Å². The normalized spacial score (nSPS) is 12.1. The van der Waals surface area contributed by atoms with Crippen LogP contribution in [0, 0.1) is 0 Å². The van der Waals surface area contributed by atoms with Gasteiger partial charge in [-0.25, -0.2) is 14.5 Å². The highest BCUT2D eigenvalue weighted by molar-refractivity contribution is 7.14. The maximum atomic E-state index is 13.2. The molecule has 0 fully saturated rings. The Morgan fingerprint density at radius 2 is 2.00 bits per heavy atom. The maximum Gasteiger partial charge on any atom is 0.339 e. The van der Waals surface area contributed by atoms with Gasteiger partial charge in [0, 0.05) is 17.8 Å². The van der Waals surface area contributed by atoms with Gasteiger partial charge in [0.2, 0.25) is 11.7 Å². The third kappa shape index (κ3) is 4.76. The van der Waals surface area contributed by atoms with Crippen molar-refractivity contribution in [2.75, 3.05) is 0 Å². The van der Waals surface area contributed by atoms with Crippen molar-refractivity contribution in [2.24, 2.45) is 0 Å². The van der Waals surface area contributed by atoms with Crippen LogP contribution in [-0.4, -0.2) is 38.5 Å². The van der Waals surface area contributed by atoms with Crippen molar-refractivity contribution in [2.45, 2.75) is 46.4 Å². The van der Waals surface area contributed by atoms with Gasteiger partial charge in [0.1, 0.15) is 5.69 Å². The van der Waals surface area contributed by atoms with Gasteiger partial charge in [0.25, 0.3) is 0 Å². The summed E-state index contributed by atoms with van der Waals surface area (Å²) >= 11 is 1.25. The van der Waals surface area contributed by atoms with E-state index in [4.69, 9.17) is 9.15 Å². The highest BCUT2D eigenvalue weighted by Gasteiger charge is 2.25. The number of fused-ring (bicyclic) bond motifs is 1. The summed E-state index contributed by atoms with van der Waals surface area (Å²) in [6.07, 6.45) is 2.10. The quantitative estimate of drug-likeness (QED) is 0.293. The second-order valence-electron chi connectivity index (χ2n) is 8.04. The van der Waals surface area contributed by atoms with E-state index < -0.39 is 12.1 Å². The van der Waals surface area contributed by atoms with E-state index >= 15 is 0 Å². The zero-order valence-corrected chi connectivity index (χ0v) is 20.0. The number of amides is 1. The predicted octanol–water partition coefficient (Wildman–Crippen LogP) is 4.40. The van der Waals surface area contributed by atoms with Crippen molar-refractivity contribution in [3.8, 4) is 11.5 Å². The van der Waals surface area contributed by atoms with Gasteiger partial charge in [-0.3, -0.25) is 9.59 Å².